The first-order chi connectivity index (χ1) is 9.31. The Kier molecular flexibility index (Phi) is 3.56. The third-order valence-corrected chi connectivity index (χ3v) is 3.43. The van der Waals surface area contributed by atoms with Crippen molar-refractivity contribution >= 4 is 0 Å². The molecule has 1 aromatic heterocycles. The van der Waals surface area contributed by atoms with Crippen molar-refractivity contribution in [2.24, 2.45) is 5.92 Å². The van der Waals surface area contributed by atoms with Gasteiger partial charge in [-0.25, -0.2) is 4.39 Å². The molecule has 2 aromatic rings. The minimum Gasteiger partial charge on any atom is -0.312 e. The quantitative estimate of drug-likeness (QED) is 0.887. The molecule has 0 bridgehead atoms. The van der Waals surface area contributed by atoms with Gasteiger partial charge in [-0.15, -0.1) is 0 Å². The minimum atomic E-state index is -0.209. The number of nitrogens with one attached hydrogen (secondary N) is 1. The summed E-state index contributed by atoms with van der Waals surface area (Å²) in [5.41, 5.74) is 3.20. The Labute approximate surface area is 112 Å². The summed E-state index contributed by atoms with van der Waals surface area (Å²) in [6.45, 7) is 1.94. The lowest BCUT2D eigenvalue weighted by atomic mass is 10.1. The van der Waals surface area contributed by atoms with Crippen LogP contribution in [0.25, 0.3) is 11.1 Å². The zero-order chi connectivity index (χ0) is 13.1. The lowest BCUT2D eigenvalue weighted by Crippen LogP contribution is -2.16. The Morgan fingerprint density at radius 2 is 1.89 bits per heavy atom. The van der Waals surface area contributed by atoms with E-state index in [1.807, 2.05) is 12.4 Å². The number of hydrogen-bond acceptors (Lipinski definition) is 2. The first kappa shape index (κ1) is 12.3. The van der Waals surface area contributed by atoms with Crippen molar-refractivity contribution in [1.82, 2.24) is 10.3 Å². The van der Waals surface area contributed by atoms with E-state index in [9.17, 15) is 4.39 Å². The number of nitrogens with zero attached hydrogens (tertiary/aromatic N) is 1. The molecule has 0 amide bonds. The zero-order valence-corrected chi connectivity index (χ0v) is 10.8. The molecule has 19 heavy (non-hydrogen) atoms. The Hall–Kier alpha value is -1.74. The highest BCUT2D eigenvalue weighted by molar-refractivity contribution is 5.62. The molecule has 0 unspecified atom stereocenters. The van der Waals surface area contributed by atoms with Crippen LogP contribution in [0.1, 0.15) is 18.4 Å². The lowest BCUT2D eigenvalue weighted by Gasteiger charge is -2.06. The minimum absolute atomic E-state index is 0.209. The SMILES string of the molecule is Fc1ccc(-c2cncc(CNCC3CC3)c2)cc1. The van der Waals surface area contributed by atoms with Gasteiger partial charge in [0.15, 0.2) is 0 Å². The standard InChI is InChI=1S/C16H17FN2/c17-16-5-3-14(4-6-16)15-7-13(10-19-11-15)9-18-8-12-1-2-12/h3-7,10-12,18H,1-2,8-9H2. The molecule has 1 aromatic carbocycles. The average molecular weight is 256 g/mol. The van der Waals surface area contributed by atoms with Crippen LogP contribution in [0.5, 0.6) is 0 Å². The number of rotatable bonds is 5. The summed E-state index contributed by atoms with van der Waals surface area (Å²) in [7, 11) is 0. The molecule has 1 aliphatic carbocycles. The molecule has 0 aliphatic heterocycles. The summed E-state index contributed by atoms with van der Waals surface area (Å²) < 4.78 is 12.9. The smallest absolute Gasteiger partial charge is 0.123 e. The molecule has 0 spiro atoms. The molecule has 3 rings (SSSR count). The van der Waals surface area contributed by atoms with Gasteiger partial charge in [-0.05, 0) is 54.6 Å². The molecular formula is C16H17FN2. The van der Waals surface area contributed by atoms with Gasteiger partial charge in [0.25, 0.3) is 0 Å². The predicted molar refractivity (Wildman–Crippen MR) is 74.1 cm³/mol. The highest BCUT2D eigenvalue weighted by Crippen LogP contribution is 2.27. The van der Waals surface area contributed by atoms with Gasteiger partial charge in [0.1, 0.15) is 5.82 Å². The molecule has 98 valence electrons. The van der Waals surface area contributed by atoms with Crippen molar-refractivity contribution in [3.8, 4) is 11.1 Å². The van der Waals surface area contributed by atoms with Crippen LogP contribution in [0, 0.1) is 11.7 Å². The fraction of sp³-hybridized carbons (Fsp3) is 0.312. The maximum Gasteiger partial charge on any atom is 0.123 e. The number of benzene rings is 1. The summed E-state index contributed by atoms with van der Waals surface area (Å²) in [5.74, 6) is 0.673. The normalized spacial score (nSPS) is 14.6. The van der Waals surface area contributed by atoms with Crippen LogP contribution < -0.4 is 5.32 Å². The third kappa shape index (κ3) is 3.38. The van der Waals surface area contributed by atoms with Crippen molar-refractivity contribution < 1.29 is 4.39 Å². The summed E-state index contributed by atoms with van der Waals surface area (Å²) in [6.07, 6.45) is 6.42. The highest BCUT2D eigenvalue weighted by Gasteiger charge is 2.20. The van der Waals surface area contributed by atoms with Crippen LogP contribution in [0.2, 0.25) is 0 Å². The molecule has 1 N–H and O–H groups in total. The summed E-state index contributed by atoms with van der Waals surface area (Å²) in [6, 6.07) is 8.64. The van der Waals surface area contributed by atoms with Crippen LogP contribution in [0.4, 0.5) is 4.39 Å². The lowest BCUT2D eigenvalue weighted by molar-refractivity contribution is 0.628. The topological polar surface area (TPSA) is 24.9 Å². The maximum atomic E-state index is 12.9. The Morgan fingerprint density at radius 3 is 2.63 bits per heavy atom. The summed E-state index contributed by atoms with van der Waals surface area (Å²) in [5, 5.41) is 3.45. The molecule has 2 nitrogen and oxygen atoms in total. The average Bonchev–Trinajstić information content (AvgIpc) is 3.24. The summed E-state index contributed by atoms with van der Waals surface area (Å²) in [4.78, 5) is 4.26. The number of halogens is 1. The molecule has 1 saturated carbocycles. The Balaban J connectivity index is 1.69. The van der Waals surface area contributed by atoms with E-state index in [4.69, 9.17) is 0 Å². The van der Waals surface area contributed by atoms with Crippen LogP contribution in [0.15, 0.2) is 42.7 Å². The van der Waals surface area contributed by atoms with Gasteiger partial charge >= 0.3 is 0 Å². The van der Waals surface area contributed by atoms with Gasteiger partial charge in [-0.2, -0.15) is 0 Å². The van der Waals surface area contributed by atoms with E-state index >= 15 is 0 Å². The van der Waals surface area contributed by atoms with Crippen molar-refractivity contribution in [3.05, 3.63) is 54.1 Å². The van der Waals surface area contributed by atoms with E-state index in [0.717, 1.165) is 30.1 Å². The van der Waals surface area contributed by atoms with Crippen LogP contribution in [0.3, 0.4) is 0 Å². The Bertz CT molecular complexity index is 547. The number of hydrogen-bond donors (Lipinski definition) is 1. The van der Waals surface area contributed by atoms with Crippen LogP contribution in [-0.2, 0) is 6.54 Å². The van der Waals surface area contributed by atoms with Gasteiger partial charge in [-0.3, -0.25) is 4.98 Å². The monoisotopic (exact) mass is 256 g/mol. The second-order valence-corrected chi connectivity index (χ2v) is 5.16. The molecule has 0 radical (unpaired) electrons. The molecule has 1 heterocycles. The predicted octanol–water partition coefficient (Wildman–Crippen LogP) is 3.39. The van der Waals surface area contributed by atoms with Gasteiger partial charge in [0.05, 0.1) is 0 Å². The largest absolute Gasteiger partial charge is 0.312 e. The van der Waals surface area contributed by atoms with Crippen LogP contribution in [-0.4, -0.2) is 11.5 Å². The zero-order valence-electron chi connectivity index (χ0n) is 10.8. The molecule has 1 aliphatic rings. The van der Waals surface area contributed by atoms with Crippen molar-refractivity contribution in [2.45, 2.75) is 19.4 Å². The van der Waals surface area contributed by atoms with Crippen LogP contribution >= 0.6 is 0 Å². The van der Waals surface area contributed by atoms with Crippen molar-refractivity contribution in [1.29, 1.82) is 0 Å². The van der Waals surface area contributed by atoms with E-state index in [0.29, 0.717) is 0 Å². The van der Waals surface area contributed by atoms with Crippen molar-refractivity contribution in [3.63, 3.8) is 0 Å². The molecule has 0 atom stereocenters. The van der Waals surface area contributed by atoms with E-state index < -0.39 is 0 Å². The fourth-order valence-electron chi connectivity index (χ4n) is 2.13. The van der Waals surface area contributed by atoms with Gasteiger partial charge < -0.3 is 5.32 Å². The highest BCUT2D eigenvalue weighted by atomic mass is 19.1. The summed E-state index contributed by atoms with van der Waals surface area (Å²) >= 11 is 0. The first-order valence-corrected chi connectivity index (χ1v) is 6.72. The Morgan fingerprint density at radius 1 is 1.11 bits per heavy atom. The van der Waals surface area contributed by atoms with E-state index in [1.165, 1.54) is 30.5 Å². The second-order valence-electron chi connectivity index (χ2n) is 5.16. The van der Waals surface area contributed by atoms with Gasteiger partial charge in [-0.1, -0.05) is 12.1 Å². The molecule has 0 saturated heterocycles. The molecule has 3 heteroatoms. The van der Waals surface area contributed by atoms with E-state index in [2.05, 4.69) is 16.4 Å². The number of aromatic nitrogens is 1. The maximum absolute atomic E-state index is 12.9. The molecular weight excluding hydrogens is 239 g/mol. The second kappa shape index (κ2) is 5.49. The van der Waals surface area contributed by atoms with E-state index in [-0.39, 0.29) is 5.82 Å². The van der Waals surface area contributed by atoms with E-state index in [1.54, 1.807) is 12.1 Å². The van der Waals surface area contributed by atoms with Gasteiger partial charge in [0, 0.05) is 24.5 Å². The molecule has 1 fully saturated rings. The van der Waals surface area contributed by atoms with Crippen molar-refractivity contribution in [2.75, 3.05) is 6.54 Å². The fourth-order valence-corrected chi connectivity index (χ4v) is 2.13. The number of pyridine rings is 1. The third-order valence-electron chi connectivity index (χ3n) is 3.43. The van der Waals surface area contributed by atoms with Gasteiger partial charge in [0.2, 0.25) is 0 Å². The first-order valence-electron chi connectivity index (χ1n) is 6.72.